The van der Waals surface area contributed by atoms with Gasteiger partial charge in [-0.1, -0.05) is 0 Å². The van der Waals surface area contributed by atoms with E-state index in [1.54, 1.807) is 6.20 Å². The van der Waals surface area contributed by atoms with Crippen LogP contribution in [0.25, 0.3) is 0 Å². The fourth-order valence-corrected chi connectivity index (χ4v) is 3.50. The number of thioether (sulfide) groups is 1. The van der Waals surface area contributed by atoms with Gasteiger partial charge >= 0.3 is 0 Å². The molecule has 0 spiro atoms. The number of aromatic nitrogens is 2. The van der Waals surface area contributed by atoms with Crippen molar-refractivity contribution in [2.24, 2.45) is 4.99 Å². The average Bonchev–Trinajstić information content (AvgIpc) is 3.08. The summed E-state index contributed by atoms with van der Waals surface area (Å²) in [6.07, 6.45) is 6.37. The van der Waals surface area contributed by atoms with Crippen LogP contribution in [0.4, 0.5) is 0 Å². The molecule has 0 aliphatic carbocycles. The number of guanidine groups is 1. The van der Waals surface area contributed by atoms with Gasteiger partial charge in [0.05, 0.1) is 13.1 Å². The maximum absolute atomic E-state index is 4.73. The molecule has 120 valence electrons. The third-order valence-electron chi connectivity index (χ3n) is 3.41. The third-order valence-corrected chi connectivity index (χ3v) is 4.93. The smallest absolute Gasteiger partial charge is 0.191 e. The van der Waals surface area contributed by atoms with Crippen molar-refractivity contribution in [1.29, 1.82) is 0 Å². The number of rotatable bonds is 6. The van der Waals surface area contributed by atoms with Crippen LogP contribution in [0.15, 0.2) is 23.5 Å². The quantitative estimate of drug-likeness (QED) is 0.419. The molecule has 2 N–H and O–H groups in total. The molecule has 2 rings (SSSR count). The van der Waals surface area contributed by atoms with Gasteiger partial charge in [0.1, 0.15) is 0 Å². The van der Waals surface area contributed by atoms with Crippen molar-refractivity contribution in [2.75, 3.05) is 25.4 Å². The highest BCUT2D eigenvalue weighted by Crippen LogP contribution is 2.37. The number of nitrogens with one attached hydrogen (secondary N) is 2. The Hall–Kier alpha value is -0.440. The summed E-state index contributed by atoms with van der Waals surface area (Å²) in [4.78, 5) is 4.73. The number of hydrogen-bond acceptors (Lipinski definition) is 3. The molecule has 0 saturated carbocycles. The predicted molar refractivity (Wildman–Crippen MR) is 102 cm³/mol. The van der Waals surface area contributed by atoms with Crippen molar-refractivity contribution in [3.8, 4) is 0 Å². The third kappa shape index (κ3) is 6.46. The molecule has 0 amide bonds. The van der Waals surface area contributed by atoms with E-state index in [1.807, 2.05) is 28.7 Å². The van der Waals surface area contributed by atoms with E-state index in [1.165, 1.54) is 18.6 Å². The molecule has 1 aliphatic rings. The average molecular weight is 423 g/mol. The van der Waals surface area contributed by atoms with Gasteiger partial charge in [-0.25, -0.2) is 0 Å². The molecule has 1 aliphatic heterocycles. The van der Waals surface area contributed by atoms with Gasteiger partial charge in [0.15, 0.2) is 5.96 Å². The summed E-state index contributed by atoms with van der Waals surface area (Å²) in [5.74, 6) is 2.18. The zero-order valence-electron chi connectivity index (χ0n) is 12.8. The van der Waals surface area contributed by atoms with Gasteiger partial charge in [-0.3, -0.25) is 9.67 Å². The Morgan fingerprint density at radius 1 is 1.48 bits per heavy atom. The van der Waals surface area contributed by atoms with Crippen LogP contribution in [0, 0.1) is 0 Å². The molecule has 5 nitrogen and oxygen atoms in total. The Balaban J connectivity index is 0.00000220. The summed E-state index contributed by atoms with van der Waals surface area (Å²) in [7, 11) is 0. The summed E-state index contributed by atoms with van der Waals surface area (Å²) < 4.78 is 2.25. The number of halogens is 1. The summed E-state index contributed by atoms with van der Waals surface area (Å²) >= 11 is 2.05. The maximum Gasteiger partial charge on any atom is 0.191 e. The first-order chi connectivity index (χ1) is 9.72. The van der Waals surface area contributed by atoms with Crippen LogP contribution in [0.5, 0.6) is 0 Å². The van der Waals surface area contributed by atoms with Gasteiger partial charge in [-0.15, -0.1) is 24.0 Å². The van der Waals surface area contributed by atoms with Crippen LogP contribution in [0.3, 0.4) is 0 Å². The van der Waals surface area contributed by atoms with Crippen LogP contribution in [0.2, 0.25) is 0 Å². The molecule has 1 atom stereocenters. The minimum absolute atomic E-state index is 0. The van der Waals surface area contributed by atoms with E-state index in [9.17, 15) is 0 Å². The van der Waals surface area contributed by atoms with E-state index < -0.39 is 0 Å². The normalized spacial score (nSPS) is 21.9. The monoisotopic (exact) mass is 423 g/mol. The van der Waals surface area contributed by atoms with Gasteiger partial charge in [0.25, 0.3) is 0 Å². The Labute approximate surface area is 148 Å². The van der Waals surface area contributed by atoms with Gasteiger partial charge in [-0.2, -0.15) is 16.9 Å². The summed E-state index contributed by atoms with van der Waals surface area (Å²) in [6, 6.07) is 1.94. The second-order valence-corrected chi connectivity index (χ2v) is 6.98. The van der Waals surface area contributed by atoms with Crippen molar-refractivity contribution >= 4 is 41.7 Å². The molecule has 1 aromatic rings. The van der Waals surface area contributed by atoms with Crippen LogP contribution >= 0.6 is 35.7 Å². The van der Waals surface area contributed by atoms with E-state index in [4.69, 9.17) is 4.99 Å². The molecule has 7 heteroatoms. The highest BCUT2D eigenvalue weighted by atomic mass is 127. The lowest BCUT2D eigenvalue weighted by Crippen LogP contribution is -2.40. The largest absolute Gasteiger partial charge is 0.357 e. The molecule has 2 heterocycles. The lowest BCUT2D eigenvalue weighted by Gasteiger charge is -2.21. The second kappa shape index (κ2) is 9.55. The summed E-state index contributed by atoms with van der Waals surface area (Å²) in [5.41, 5.74) is 0. The molecule has 0 bridgehead atoms. The highest BCUT2D eigenvalue weighted by molar-refractivity contribution is 14.0. The molecule has 1 fully saturated rings. The Morgan fingerprint density at radius 3 is 2.95 bits per heavy atom. The topological polar surface area (TPSA) is 54.2 Å². The molecule has 0 aromatic carbocycles. The first kappa shape index (κ1) is 18.6. The standard InChI is InChI=1S/C14H25N5S.HI/c1-3-15-13(16-8-10-19-9-5-7-18-19)17-12-14(2)6-4-11-20-14;/h5,7,9H,3-4,6,8,10-12H2,1-2H3,(H2,15,16,17);1H. The number of nitrogens with zero attached hydrogens (tertiary/aromatic N) is 3. The fourth-order valence-electron chi connectivity index (χ4n) is 2.27. The van der Waals surface area contributed by atoms with Crippen LogP contribution in [-0.2, 0) is 6.54 Å². The summed E-state index contributed by atoms with van der Waals surface area (Å²) in [5, 5.41) is 10.9. The van der Waals surface area contributed by atoms with Crippen LogP contribution in [0.1, 0.15) is 26.7 Å². The number of aliphatic imine (C=N–C) groups is 1. The Kier molecular flexibility index (Phi) is 8.46. The van der Waals surface area contributed by atoms with E-state index in [-0.39, 0.29) is 24.0 Å². The Bertz CT molecular complexity index is 415. The highest BCUT2D eigenvalue weighted by Gasteiger charge is 2.29. The molecular formula is C14H26IN5S. The van der Waals surface area contributed by atoms with Crippen molar-refractivity contribution in [3.05, 3.63) is 18.5 Å². The zero-order chi connectivity index (χ0) is 14.3. The van der Waals surface area contributed by atoms with E-state index in [2.05, 4.69) is 29.6 Å². The zero-order valence-corrected chi connectivity index (χ0v) is 16.0. The molecule has 1 aromatic heterocycles. The van der Waals surface area contributed by atoms with Crippen LogP contribution < -0.4 is 10.6 Å². The van der Waals surface area contributed by atoms with Crippen LogP contribution in [-0.4, -0.2) is 45.9 Å². The lowest BCUT2D eigenvalue weighted by atomic mass is 10.1. The van der Waals surface area contributed by atoms with E-state index in [0.717, 1.165) is 32.1 Å². The molecule has 1 unspecified atom stereocenters. The molecule has 21 heavy (non-hydrogen) atoms. The van der Waals surface area contributed by atoms with Crippen molar-refractivity contribution in [1.82, 2.24) is 20.4 Å². The van der Waals surface area contributed by atoms with Crippen molar-refractivity contribution < 1.29 is 0 Å². The minimum atomic E-state index is 0. The first-order valence-corrected chi connectivity index (χ1v) is 8.34. The second-order valence-electron chi connectivity index (χ2n) is 5.29. The molecule has 1 saturated heterocycles. The van der Waals surface area contributed by atoms with Gasteiger partial charge in [0, 0.05) is 30.2 Å². The van der Waals surface area contributed by atoms with Gasteiger partial charge < -0.3 is 10.6 Å². The SMILES string of the molecule is CCNC(=NCC1(C)CCCS1)NCCn1cccn1.I. The van der Waals surface area contributed by atoms with Crippen molar-refractivity contribution in [3.63, 3.8) is 0 Å². The summed E-state index contributed by atoms with van der Waals surface area (Å²) in [6.45, 7) is 7.87. The fraction of sp³-hybridized carbons (Fsp3) is 0.714. The van der Waals surface area contributed by atoms with Gasteiger partial charge in [-0.05, 0) is 38.5 Å². The maximum atomic E-state index is 4.73. The van der Waals surface area contributed by atoms with E-state index >= 15 is 0 Å². The molecular weight excluding hydrogens is 397 g/mol. The molecule has 0 radical (unpaired) electrons. The van der Waals surface area contributed by atoms with E-state index in [0.29, 0.717) is 4.75 Å². The minimum Gasteiger partial charge on any atom is -0.357 e. The Morgan fingerprint density at radius 2 is 2.33 bits per heavy atom. The van der Waals surface area contributed by atoms with Gasteiger partial charge in [0.2, 0.25) is 0 Å². The predicted octanol–water partition coefficient (Wildman–Crippen LogP) is 2.34. The lowest BCUT2D eigenvalue weighted by molar-refractivity contribution is 0.591. The number of hydrogen-bond donors (Lipinski definition) is 2. The van der Waals surface area contributed by atoms with Crippen molar-refractivity contribution in [2.45, 2.75) is 38.0 Å². The first-order valence-electron chi connectivity index (χ1n) is 7.35.